The third-order valence-corrected chi connectivity index (χ3v) is 5.82. The fraction of sp³-hybridized carbons (Fsp3) is 0.200. The number of fused-ring (bicyclic) bond motifs is 1. The number of H-pyrrole nitrogens is 1. The molecule has 1 saturated carbocycles. The zero-order valence-corrected chi connectivity index (χ0v) is 16.2. The van der Waals surface area contributed by atoms with Crippen molar-refractivity contribution in [3.05, 3.63) is 55.0 Å². The Morgan fingerprint density at radius 2 is 2.10 bits per heavy atom. The summed E-state index contributed by atoms with van der Waals surface area (Å²) < 4.78 is 40.5. The molecular weight excluding hydrogens is 395 g/mol. The second kappa shape index (κ2) is 7.32. The van der Waals surface area contributed by atoms with E-state index in [4.69, 9.17) is 0 Å². The molecule has 29 heavy (non-hydrogen) atoms. The number of aromatic nitrogens is 2. The molecule has 1 fully saturated rings. The molecule has 7 nitrogen and oxygen atoms in total. The van der Waals surface area contributed by atoms with Crippen molar-refractivity contribution in [2.24, 2.45) is 5.92 Å². The van der Waals surface area contributed by atoms with Gasteiger partial charge in [-0.3, -0.25) is 9.52 Å². The standard InChI is InChI=1S/C20H19FN4O3S/c1-2-9-29(27,28)25-17-6-5-13(10-16(17)21)15-11-18(24-20(26)12-3-4-12)23-19-14(15)7-8-22-19/h2,5-8,10-12,25H,1,3-4,9H2,(H2,22,23,24,26). The van der Waals surface area contributed by atoms with Gasteiger partial charge in [0.1, 0.15) is 17.3 Å². The summed E-state index contributed by atoms with van der Waals surface area (Å²) in [5.74, 6) is -0.693. The van der Waals surface area contributed by atoms with E-state index in [0.717, 1.165) is 18.2 Å². The maximum Gasteiger partial charge on any atom is 0.236 e. The van der Waals surface area contributed by atoms with Gasteiger partial charge >= 0.3 is 0 Å². The number of amides is 1. The van der Waals surface area contributed by atoms with E-state index in [1.165, 1.54) is 18.2 Å². The van der Waals surface area contributed by atoms with Gasteiger partial charge in [-0.1, -0.05) is 12.1 Å². The van der Waals surface area contributed by atoms with Gasteiger partial charge in [0.05, 0.1) is 11.4 Å². The first kappa shape index (κ1) is 19.1. The van der Waals surface area contributed by atoms with Gasteiger partial charge in [-0.15, -0.1) is 6.58 Å². The molecule has 1 aliphatic rings. The number of nitrogens with one attached hydrogen (secondary N) is 3. The summed E-state index contributed by atoms with van der Waals surface area (Å²) in [5, 5.41) is 3.56. The second-order valence-corrected chi connectivity index (χ2v) is 8.69. The number of rotatable bonds is 7. The van der Waals surface area contributed by atoms with Crippen LogP contribution in [0, 0.1) is 11.7 Å². The molecule has 0 radical (unpaired) electrons. The summed E-state index contributed by atoms with van der Waals surface area (Å²) in [6, 6.07) is 7.73. The molecular formula is C20H19FN4O3S. The molecule has 2 heterocycles. The molecule has 1 amide bonds. The molecule has 3 N–H and O–H groups in total. The number of pyridine rings is 1. The van der Waals surface area contributed by atoms with Crippen LogP contribution in [0.5, 0.6) is 0 Å². The lowest BCUT2D eigenvalue weighted by atomic mass is 10.0. The summed E-state index contributed by atoms with van der Waals surface area (Å²) in [5.41, 5.74) is 1.62. The summed E-state index contributed by atoms with van der Waals surface area (Å²) in [6.45, 7) is 3.38. The maximum atomic E-state index is 14.6. The summed E-state index contributed by atoms with van der Waals surface area (Å²) in [4.78, 5) is 19.5. The molecule has 9 heteroatoms. The molecule has 0 spiro atoms. The predicted octanol–water partition coefficient (Wildman–Crippen LogP) is 3.65. The van der Waals surface area contributed by atoms with Crippen molar-refractivity contribution in [1.29, 1.82) is 0 Å². The van der Waals surface area contributed by atoms with Gasteiger partial charge in [-0.05, 0) is 48.2 Å². The van der Waals surface area contributed by atoms with Crippen molar-refractivity contribution in [1.82, 2.24) is 9.97 Å². The van der Waals surface area contributed by atoms with Gasteiger partial charge in [0.15, 0.2) is 0 Å². The van der Waals surface area contributed by atoms with Crippen LogP contribution in [-0.4, -0.2) is 30.0 Å². The van der Waals surface area contributed by atoms with Crippen LogP contribution in [0.1, 0.15) is 12.8 Å². The monoisotopic (exact) mass is 414 g/mol. The number of hydrogen-bond donors (Lipinski definition) is 3. The number of aromatic amines is 1. The van der Waals surface area contributed by atoms with Gasteiger partial charge in [0.2, 0.25) is 15.9 Å². The van der Waals surface area contributed by atoms with Crippen molar-refractivity contribution in [3.63, 3.8) is 0 Å². The Morgan fingerprint density at radius 1 is 1.31 bits per heavy atom. The SMILES string of the molecule is C=CCS(=O)(=O)Nc1ccc(-c2cc(NC(=O)C3CC3)nc3[nH]ccc23)cc1F. The molecule has 4 rings (SSSR count). The van der Waals surface area contributed by atoms with E-state index in [0.29, 0.717) is 22.6 Å². The number of carbonyl (C=O) groups excluding carboxylic acids is 1. The van der Waals surface area contributed by atoms with Crippen LogP contribution >= 0.6 is 0 Å². The highest BCUT2D eigenvalue weighted by atomic mass is 32.2. The minimum absolute atomic E-state index is 0.0277. The van der Waals surface area contributed by atoms with E-state index in [2.05, 4.69) is 26.6 Å². The number of anilines is 2. The predicted molar refractivity (Wildman–Crippen MR) is 110 cm³/mol. The van der Waals surface area contributed by atoms with Crippen molar-refractivity contribution in [2.45, 2.75) is 12.8 Å². The maximum absolute atomic E-state index is 14.6. The molecule has 0 atom stereocenters. The molecule has 3 aromatic rings. The average Bonchev–Trinajstić information content (AvgIpc) is 3.41. The minimum Gasteiger partial charge on any atom is -0.346 e. The third kappa shape index (κ3) is 4.14. The van der Waals surface area contributed by atoms with Crippen LogP contribution < -0.4 is 10.0 Å². The lowest BCUT2D eigenvalue weighted by molar-refractivity contribution is -0.117. The van der Waals surface area contributed by atoms with Crippen LogP contribution in [0.4, 0.5) is 15.9 Å². The first-order valence-corrected chi connectivity index (χ1v) is 10.7. The van der Waals surface area contributed by atoms with Crippen LogP contribution in [0.15, 0.2) is 49.2 Å². The van der Waals surface area contributed by atoms with Crippen molar-refractivity contribution >= 4 is 38.5 Å². The van der Waals surface area contributed by atoms with Gasteiger partial charge in [0.25, 0.3) is 0 Å². The van der Waals surface area contributed by atoms with Crippen LogP contribution in [0.2, 0.25) is 0 Å². The zero-order chi connectivity index (χ0) is 20.6. The number of hydrogen-bond acceptors (Lipinski definition) is 4. The number of sulfonamides is 1. The van der Waals surface area contributed by atoms with Crippen LogP contribution in [0.3, 0.4) is 0 Å². The van der Waals surface area contributed by atoms with Crippen LogP contribution in [0.25, 0.3) is 22.2 Å². The lowest BCUT2D eigenvalue weighted by Gasteiger charge is -2.11. The Kier molecular flexibility index (Phi) is 4.83. The van der Waals surface area contributed by atoms with Gasteiger partial charge in [0, 0.05) is 17.5 Å². The van der Waals surface area contributed by atoms with E-state index in [1.807, 2.05) is 6.07 Å². The van der Waals surface area contributed by atoms with Gasteiger partial charge in [-0.2, -0.15) is 0 Å². The molecule has 0 saturated heterocycles. The fourth-order valence-electron chi connectivity index (χ4n) is 3.04. The highest BCUT2D eigenvalue weighted by Crippen LogP contribution is 2.34. The lowest BCUT2D eigenvalue weighted by Crippen LogP contribution is -2.16. The Balaban J connectivity index is 1.70. The molecule has 0 bridgehead atoms. The summed E-state index contributed by atoms with van der Waals surface area (Å²) in [7, 11) is -3.70. The van der Waals surface area contributed by atoms with Gasteiger partial charge < -0.3 is 10.3 Å². The number of benzene rings is 1. The average molecular weight is 414 g/mol. The van der Waals surface area contributed by atoms with E-state index >= 15 is 0 Å². The number of halogens is 1. The van der Waals surface area contributed by atoms with Crippen molar-refractivity contribution in [2.75, 3.05) is 15.8 Å². The van der Waals surface area contributed by atoms with E-state index in [-0.39, 0.29) is 23.3 Å². The smallest absolute Gasteiger partial charge is 0.236 e. The quantitative estimate of drug-likeness (QED) is 0.514. The highest BCUT2D eigenvalue weighted by molar-refractivity contribution is 7.92. The largest absolute Gasteiger partial charge is 0.346 e. The van der Waals surface area contributed by atoms with Crippen LogP contribution in [-0.2, 0) is 14.8 Å². The van der Waals surface area contributed by atoms with E-state index in [1.54, 1.807) is 18.3 Å². The highest BCUT2D eigenvalue weighted by Gasteiger charge is 2.30. The third-order valence-electron chi connectivity index (χ3n) is 4.61. The topological polar surface area (TPSA) is 104 Å². The van der Waals surface area contributed by atoms with Gasteiger partial charge in [-0.25, -0.2) is 17.8 Å². The second-order valence-electron chi connectivity index (χ2n) is 6.93. The normalized spacial score (nSPS) is 14.0. The summed E-state index contributed by atoms with van der Waals surface area (Å²) in [6.07, 6.45) is 4.68. The zero-order valence-electron chi connectivity index (χ0n) is 15.4. The van der Waals surface area contributed by atoms with Crippen molar-refractivity contribution < 1.29 is 17.6 Å². The molecule has 0 aliphatic heterocycles. The first-order valence-electron chi connectivity index (χ1n) is 9.06. The fourth-order valence-corrected chi connectivity index (χ4v) is 3.94. The van der Waals surface area contributed by atoms with E-state index in [9.17, 15) is 17.6 Å². The molecule has 150 valence electrons. The van der Waals surface area contributed by atoms with E-state index < -0.39 is 15.8 Å². The Morgan fingerprint density at radius 3 is 2.79 bits per heavy atom. The summed E-state index contributed by atoms with van der Waals surface area (Å²) >= 11 is 0. The first-order chi connectivity index (χ1) is 13.9. The Bertz CT molecular complexity index is 1220. The Labute approximate surface area is 167 Å². The molecule has 0 unspecified atom stereocenters. The molecule has 1 aliphatic carbocycles. The minimum atomic E-state index is -3.70. The number of nitrogens with zero attached hydrogens (tertiary/aromatic N) is 1. The van der Waals surface area contributed by atoms with Crippen molar-refractivity contribution in [3.8, 4) is 11.1 Å². The Hall–Kier alpha value is -3.20. The molecule has 1 aromatic carbocycles. The molecule has 2 aromatic heterocycles. The number of carbonyl (C=O) groups is 1.